The summed E-state index contributed by atoms with van der Waals surface area (Å²) in [6, 6.07) is 17.5. The Bertz CT molecular complexity index is 1040. The van der Waals surface area contributed by atoms with Crippen LogP contribution in [0.15, 0.2) is 59.1 Å². The molecule has 5 nitrogen and oxygen atoms in total. The highest BCUT2D eigenvalue weighted by Crippen LogP contribution is 2.54. The van der Waals surface area contributed by atoms with Crippen molar-refractivity contribution in [3.8, 4) is 28.1 Å². The Morgan fingerprint density at radius 2 is 1.74 bits per heavy atom. The van der Waals surface area contributed by atoms with Crippen molar-refractivity contribution in [3.63, 3.8) is 0 Å². The minimum absolute atomic E-state index is 0.0186. The summed E-state index contributed by atoms with van der Waals surface area (Å²) in [5.74, 6) is 1.21. The van der Waals surface area contributed by atoms with Crippen LogP contribution in [0, 0.1) is 5.41 Å². The summed E-state index contributed by atoms with van der Waals surface area (Å²) in [4.78, 5) is 2.50. The second-order valence-electron chi connectivity index (χ2n) is 9.71. The van der Waals surface area contributed by atoms with Crippen LogP contribution in [-0.4, -0.2) is 46.5 Å². The molecule has 0 radical (unpaired) electrons. The highest BCUT2D eigenvalue weighted by Gasteiger charge is 2.51. The van der Waals surface area contributed by atoms with Gasteiger partial charge in [0.15, 0.2) is 5.76 Å². The van der Waals surface area contributed by atoms with Crippen LogP contribution in [0.25, 0.3) is 22.4 Å². The Labute approximate surface area is 183 Å². The summed E-state index contributed by atoms with van der Waals surface area (Å²) >= 11 is 0. The van der Waals surface area contributed by atoms with E-state index in [2.05, 4.69) is 29.1 Å². The first-order valence-electron chi connectivity index (χ1n) is 11.2. The van der Waals surface area contributed by atoms with Crippen LogP contribution < -0.4 is 0 Å². The third-order valence-electron chi connectivity index (χ3n) is 7.00. The molecular formula is C26H30N2O3. The molecule has 2 heterocycles. The second-order valence-corrected chi connectivity index (χ2v) is 9.71. The Balaban J connectivity index is 1.52. The quantitative estimate of drug-likeness (QED) is 0.599. The highest BCUT2D eigenvalue weighted by molar-refractivity contribution is 5.83. The van der Waals surface area contributed by atoms with Gasteiger partial charge in [-0.3, -0.25) is 0 Å². The van der Waals surface area contributed by atoms with Crippen LogP contribution in [0.4, 0.5) is 0 Å². The van der Waals surface area contributed by atoms with Gasteiger partial charge in [0.1, 0.15) is 11.4 Å². The Morgan fingerprint density at radius 1 is 1.00 bits per heavy atom. The number of piperidine rings is 1. The van der Waals surface area contributed by atoms with E-state index >= 15 is 0 Å². The largest absolute Gasteiger partial charge is 0.508 e. The molecule has 0 spiro atoms. The van der Waals surface area contributed by atoms with Gasteiger partial charge in [0, 0.05) is 36.1 Å². The normalized spacial score (nSPS) is 23.0. The van der Waals surface area contributed by atoms with E-state index in [4.69, 9.17) is 4.52 Å². The predicted octanol–water partition coefficient (Wildman–Crippen LogP) is 4.84. The highest BCUT2D eigenvalue weighted by atomic mass is 16.5. The Morgan fingerprint density at radius 3 is 2.42 bits per heavy atom. The number of aromatic nitrogens is 1. The van der Waals surface area contributed by atoms with E-state index in [1.54, 1.807) is 12.1 Å². The zero-order chi connectivity index (χ0) is 21.5. The van der Waals surface area contributed by atoms with Gasteiger partial charge in [-0.25, -0.2) is 0 Å². The van der Waals surface area contributed by atoms with Gasteiger partial charge in [0.05, 0.1) is 5.56 Å². The SMILES string of the molecule is CC1(CO)CCCN(CC2(c3onc(-c4ccc(O)cc4)c3-c3ccccc3)CC2)C1. The third kappa shape index (κ3) is 3.88. The summed E-state index contributed by atoms with van der Waals surface area (Å²) in [5, 5.41) is 24.1. The third-order valence-corrected chi connectivity index (χ3v) is 7.00. The second kappa shape index (κ2) is 7.81. The van der Waals surface area contributed by atoms with Crippen molar-refractivity contribution in [2.75, 3.05) is 26.2 Å². The van der Waals surface area contributed by atoms with Crippen LogP contribution in [0.3, 0.4) is 0 Å². The number of nitrogens with zero attached hydrogens (tertiary/aromatic N) is 2. The lowest BCUT2D eigenvalue weighted by Crippen LogP contribution is -2.46. The summed E-state index contributed by atoms with van der Waals surface area (Å²) in [7, 11) is 0. The summed E-state index contributed by atoms with van der Waals surface area (Å²) in [6.45, 7) is 5.35. The standard InChI is InChI=1S/C26H30N2O3/c1-25(18-29)12-5-15-28(16-25)17-26(13-14-26)24-22(19-6-3-2-4-7-19)23(27-31-24)20-8-10-21(30)11-9-20/h2-4,6-11,29-30H,5,12-18H2,1H3. The van der Waals surface area contributed by atoms with E-state index in [-0.39, 0.29) is 23.2 Å². The molecule has 1 unspecified atom stereocenters. The number of likely N-dealkylation sites (tertiary alicyclic amines) is 1. The molecular weight excluding hydrogens is 388 g/mol. The maximum absolute atomic E-state index is 9.87. The molecule has 1 saturated carbocycles. The predicted molar refractivity (Wildman–Crippen MR) is 121 cm³/mol. The summed E-state index contributed by atoms with van der Waals surface area (Å²) in [5.41, 5.74) is 3.88. The number of aromatic hydroxyl groups is 1. The maximum atomic E-state index is 9.87. The van der Waals surface area contributed by atoms with Crippen molar-refractivity contribution in [1.29, 1.82) is 0 Å². The van der Waals surface area contributed by atoms with Crippen LogP contribution in [0.5, 0.6) is 5.75 Å². The molecule has 2 N–H and O–H groups in total. The Hall–Kier alpha value is -2.63. The van der Waals surface area contributed by atoms with Crippen molar-refractivity contribution >= 4 is 0 Å². The first kappa shape index (κ1) is 20.3. The van der Waals surface area contributed by atoms with E-state index in [0.717, 1.165) is 73.5 Å². The molecule has 1 atom stereocenters. The van der Waals surface area contributed by atoms with Crippen molar-refractivity contribution in [2.24, 2.45) is 5.41 Å². The lowest BCUT2D eigenvalue weighted by molar-refractivity contribution is 0.0407. The number of hydrogen-bond donors (Lipinski definition) is 2. The van der Waals surface area contributed by atoms with Gasteiger partial charge >= 0.3 is 0 Å². The van der Waals surface area contributed by atoms with E-state index < -0.39 is 0 Å². The van der Waals surface area contributed by atoms with Gasteiger partial charge in [-0.1, -0.05) is 42.4 Å². The first-order valence-corrected chi connectivity index (χ1v) is 11.2. The maximum Gasteiger partial charge on any atom is 0.152 e. The number of rotatable bonds is 6. The fraction of sp³-hybridized carbons (Fsp3) is 0.423. The number of phenols is 1. The molecule has 0 amide bonds. The van der Waals surface area contributed by atoms with Crippen molar-refractivity contribution in [3.05, 3.63) is 60.4 Å². The molecule has 1 aromatic heterocycles. The van der Waals surface area contributed by atoms with Crippen molar-refractivity contribution in [2.45, 2.75) is 38.0 Å². The van der Waals surface area contributed by atoms with Gasteiger partial charge in [0.2, 0.25) is 0 Å². The van der Waals surface area contributed by atoms with Gasteiger partial charge in [-0.2, -0.15) is 0 Å². The minimum atomic E-state index is -0.0267. The molecule has 2 fully saturated rings. The smallest absolute Gasteiger partial charge is 0.152 e. The lowest BCUT2D eigenvalue weighted by Gasteiger charge is -2.40. The molecule has 5 heteroatoms. The molecule has 5 rings (SSSR count). The van der Waals surface area contributed by atoms with E-state index in [9.17, 15) is 10.2 Å². The molecule has 1 saturated heterocycles. The zero-order valence-corrected chi connectivity index (χ0v) is 18.1. The molecule has 1 aliphatic carbocycles. The van der Waals surface area contributed by atoms with E-state index in [0.29, 0.717) is 0 Å². The zero-order valence-electron chi connectivity index (χ0n) is 18.1. The molecule has 162 valence electrons. The summed E-state index contributed by atoms with van der Waals surface area (Å²) in [6.07, 6.45) is 4.37. The van der Waals surface area contributed by atoms with Crippen molar-refractivity contribution in [1.82, 2.24) is 10.1 Å². The summed E-state index contributed by atoms with van der Waals surface area (Å²) < 4.78 is 6.09. The average molecular weight is 419 g/mol. The van der Waals surface area contributed by atoms with Crippen molar-refractivity contribution < 1.29 is 14.7 Å². The topological polar surface area (TPSA) is 69.7 Å². The number of benzene rings is 2. The molecule has 2 aromatic carbocycles. The minimum Gasteiger partial charge on any atom is -0.508 e. The average Bonchev–Trinajstić information content (AvgIpc) is 3.42. The number of hydrogen-bond acceptors (Lipinski definition) is 5. The van der Waals surface area contributed by atoms with Crippen LogP contribution in [0.2, 0.25) is 0 Å². The van der Waals surface area contributed by atoms with Gasteiger partial charge in [0.25, 0.3) is 0 Å². The first-order chi connectivity index (χ1) is 15.0. The molecule has 3 aromatic rings. The lowest BCUT2D eigenvalue weighted by atomic mass is 9.82. The fourth-order valence-corrected chi connectivity index (χ4v) is 5.07. The molecule has 31 heavy (non-hydrogen) atoms. The van der Waals surface area contributed by atoms with Gasteiger partial charge in [-0.15, -0.1) is 0 Å². The Kier molecular flexibility index (Phi) is 5.11. The van der Waals surface area contributed by atoms with Crippen LogP contribution >= 0.6 is 0 Å². The van der Waals surface area contributed by atoms with Gasteiger partial charge in [-0.05, 0) is 62.1 Å². The monoisotopic (exact) mass is 418 g/mol. The van der Waals surface area contributed by atoms with E-state index in [1.807, 2.05) is 30.3 Å². The number of aliphatic hydroxyl groups excluding tert-OH is 1. The molecule has 0 bridgehead atoms. The number of aliphatic hydroxyl groups is 1. The van der Waals surface area contributed by atoms with Gasteiger partial charge < -0.3 is 19.6 Å². The molecule has 2 aliphatic rings. The molecule has 1 aliphatic heterocycles. The fourth-order valence-electron chi connectivity index (χ4n) is 5.07. The van der Waals surface area contributed by atoms with Crippen LogP contribution in [0.1, 0.15) is 38.4 Å². The van der Waals surface area contributed by atoms with Crippen LogP contribution in [-0.2, 0) is 5.41 Å². The van der Waals surface area contributed by atoms with E-state index in [1.165, 1.54) is 0 Å². The number of phenolic OH excluding ortho intramolecular Hbond substituents is 1.